The molecule has 0 aliphatic heterocycles. The number of hydrogen-bond donors (Lipinski definition) is 2. The minimum Gasteiger partial charge on any atom is -0.456 e. The number of nitrogens with zero attached hydrogens (tertiary/aromatic N) is 5. The molecule has 4 aromatic heterocycles. The zero-order chi connectivity index (χ0) is 22.7. The van der Waals surface area contributed by atoms with E-state index in [-0.39, 0.29) is 11.4 Å². The van der Waals surface area contributed by atoms with Crippen LogP contribution in [-0.2, 0) is 11.8 Å². The number of amides is 1. The summed E-state index contributed by atoms with van der Waals surface area (Å²) in [5.74, 6) is 1.67. The van der Waals surface area contributed by atoms with Gasteiger partial charge in [0.2, 0.25) is 5.95 Å². The monoisotopic (exact) mass is 433 g/mol. The molecule has 0 saturated heterocycles. The molecule has 1 amide bonds. The van der Waals surface area contributed by atoms with Gasteiger partial charge in [-0.15, -0.1) is 0 Å². The summed E-state index contributed by atoms with van der Waals surface area (Å²) in [6, 6.07) is 8.51. The van der Waals surface area contributed by atoms with Crippen molar-refractivity contribution in [1.82, 2.24) is 24.5 Å². The maximum atomic E-state index is 12.6. The highest BCUT2D eigenvalue weighted by Gasteiger charge is 2.12. The summed E-state index contributed by atoms with van der Waals surface area (Å²) in [6.07, 6.45) is 3.88. The van der Waals surface area contributed by atoms with Gasteiger partial charge in [-0.2, -0.15) is 0 Å². The van der Waals surface area contributed by atoms with Gasteiger partial charge in [0.15, 0.2) is 5.65 Å². The number of anilines is 2. The second-order valence-corrected chi connectivity index (χ2v) is 6.62. The van der Waals surface area contributed by atoms with E-state index in [4.69, 9.17) is 4.74 Å². The van der Waals surface area contributed by atoms with Crippen LogP contribution in [0, 0.1) is 0 Å². The lowest BCUT2D eigenvalue weighted by Gasteiger charge is -2.09. The summed E-state index contributed by atoms with van der Waals surface area (Å²) in [7, 11) is 4.60. The third-order valence-electron chi connectivity index (χ3n) is 4.57. The molecule has 0 bridgehead atoms. The lowest BCUT2D eigenvalue weighted by Crippen LogP contribution is -2.22. The molecular formula is C21H19N7O4. The van der Waals surface area contributed by atoms with Crippen molar-refractivity contribution in [2.75, 3.05) is 24.8 Å². The van der Waals surface area contributed by atoms with Crippen LogP contribution in [0.2, 0.25) is 0 Å². The Balaban J connectivity index is 1.60. The molecule has 11 heteroatoms. The van der Waals surface area contributed by atoms with Crippen molar-refractivity contribution in [3.8, 4) is 22.8 Å². The minimum atomic E-state index is -0.630. The highest BCUT2D eigenvalue weighted by Crippen LogP contribution is 2.26. The Morgan fingerprint density at radius 1 is 1.06 bits per heavy atom. The van der Waals surface area contributed by atoms with Gasteiger partial charge >= 0.3 is 6.09 Å². The number of carbonyl (C=O) groups excluding carboxylic acids is 1. The molecule has 4 aromatic rings. The Labute approximate surface area is 182 Å². The lowest BCUT2D eigenvalue weighted by molar-refractivity contribution is 0.187. The standard InChI is InChI=1S/C21H19N7O4/c1-22-20-25-11-15(19(29)28(20)2)16-5-4-12-8-14(10-24-18(12)26-16)32-13-6-7-23-17(9-13)27-21(30)31-3/h4-11H,1-3H3,(H,22,25)(H,23,27,30). The van der Waals surface area contributed by atoms with Crippen LogP contribution in [0.3, 0.4) is 0 Å². The van der Waals surface area contributed by atoms with Crippen LogP contribution in [0.1, 0.15) is 0 Å². The normalized spacial score (nSPS) is 10.6. The van der Waals surface area contributed by atoms with Gasteiger partial charge in [-0.25, -0.2) is 24.7 Å². The SMILES string of the molecule is CNc1ncc(-c2ccc3cc(Oc4ccnc(NC(=O)OC)c4)cnc3n2)c(=O)n1C. The van der Waals surface area contributed by atoms with Gasteiger partial charge in [-0.3, -0.25) is 14.7 Å². The molecule has 4 rings (SSSR count). The molecule has 0 aliphatic carbocycles. The van der Waals surface area contributed by atoms with E-state index in [9.17, 15) is 9.59 Å². The number of fused-ring (bicyclic) bond motifs is 1. The Kier molecular flexibility index (Phi) is 5.62. The summed E-state index contributed by atoms with van der Waals surface area (Å²) in [4.78, 5) is 41.1. The van der Waals surface area contributed by atoms with E-state index in [0.29, 0.717) is 34.4 Å². The number of pyridine rings is 3. The molecule has 0 atom stereocenters. The van der Waals surface area contributed by atoms with Crippen LogP contribution >= 0.6 is 0 Å². The fourth-order valence-corrected chi connectivity index (χ4v) is 2.98. The second kappa shape index (κ2) is 8.68. The van der Waals surface area contributed by atoms with E-state index in [1.807, 2.05) is 0 Å². The van der Waals surface area contributed by atoms with Crippen molar-refractivity contribution in [2.45, 2.75) is 0 Å². The molecular weight excluding hydrogens is 414 g/mol. The van der Waals surface area contributed by atoms with E-state index < -0.39 is 6.09 Å². The lowest BCUT2D eigenvalue weighted by atomic mass is 10.2. The smallest absolute Gasteiger partial charge is 0.412 e. The van der Waals surface area contributed by atoms with Crippen LogP contribution in [0.4, 0.5) is 16.6 Å². The van der Waals surface area contributed by atoms with E-state index >= 15 is 0 Å². The van der Waals surface area contributed by atoms with E-state index in [1.165, 1.54) is 30.3 Å². The summed E-state index contributed by atoms with van der Waals surface area (Å²) in [6.45, 7) is 0. The molecule has 0 radical (unpaired) electrons. The predicted octanol–water partition coefficient (Wildman–Crippen LogP) is 2.80. The highest BCUT2D eigenvalue weighted by molar-refractivity contribution is 5.83. The first-order valence-electron chi connectivity index (χ1n) is 9.48. The Hall–Kier alpha value is -4.54. The maximum absolute atomic E-state index is 12.6. The average Bonchev–Trinajstić information content (AvgIpc) is 2.80. The minimum absolute atomic E-state index is 0.217. The number of ether oxygens (including phenoxy) is 2. The summed E-state index contributed by atoms with van der Waals surface area (Å²) < 4.78 is 11.8. The number of nitrogens with one attached hydrogen (secondary N) is 2. The Bertz CT molecular complexity index is 1370. The molecule has 0 aromatic carbocycles. The van der Waals surface area contributed by atoms with Crippen molar-refractivity contribution >= 4 is 28.9 Å². The van der Waals surface area contributed by atoms with Gasteiger partial charge in [-0.05, 0) is 24.3 Å². The Morgan fingerprint density at radius 2 is 1.91 bits per heavy atom. The molecule has 0 saturated carbocycles. The topological polar surface area (TPSA) is 133 Å². The number of carbonyl (C=O) groups is 1. The fourth-order valence-electron chi connectivity index (χ4n) is 2.98. The maximum Gasteiger partial charge on any atom is 0.412 e. The van der Waals surface area contributed by atoms with E-state index in [1.54, 1.807) is 44.4 Å². The molecule has 32 heavy (non-hydrogen) atoms. The second-order valence-electron chi connectivity index (χ2n) is 6.62. The van der Waals surface area contributed by atoms with E-state index in [0.717, 1.165) is 5.39 Å². The van der Waals surface area contributed by atoms with Gasteiger partial charge in [0, 0.05) is 37.9 Å². The van der Waals surface area contributed by atoms with Gasteiger partial charge in [0.05, 0.1) is 24.6 Å². The molecule has 11 nitrogen and oxygen atoms in total. The van der Waals surface area contributed by atoms with Crippen molar-refractivity contribution in [2.24, 2.45) is 7.05 Å². The van der Waals surface area contributed by atoms with Gasteiger partial charge in [-0.1, -0.05) is 0 Å². The largest absolute Gasteiger partial charge is 0.456 e. The third kappa shape index (κ3) is 4.17. The van der Waals surface area contributed by atoms with Crippen molar-refractivity contribution in [3.05, 3.63) is 59.3 Å². The summed E-state index contributed by atoms with van der Waals surface area (Å²) in [5, 5.41) is 6.06. The number of rotatable bonds is 5. The number of methoxy groups -OCH3 is 1. The molecule has 4 heterocycles. The summed E-state index contributed by atoms with van der Waals surface area (Å²) in [5.41, 5.74) is 1.09. The van der Waals surface area contributed by atoms with Crippen LogP contribution in [0.15, 0.2) is 53.7 Å². The highest BCUT2D eigenvalue weighted by atomic mass is 16.5. The van der Waals surface area contributed by atoms with Crippen molar-refractivity contribution in [1.29, 1.82) is 0 Å². The Morgan fingerprint density at radius 3 is 2.69 bits per heavy atom. The average molecular weight is 433 g/mol. The molecule has 0 spiro atoms. The molecule has 0 aliphatic rings. The van der Waals surface area contributed by atoms with Crippen LogP contribution in [-0.4, -0.2) is 44.8 Å². The van der Waals surface area contributed by atoms with Crippen molar-refractivity contribution < 1.29 is 14.3 Å². The van der Waals surface area contributed by atoms with Gasteiger partial charge < -0.3 is 14.8 Å². The van der Waals surface area contributed by atoms with Crippen LogP contribution < -0.4 is 20.9 Å². The van der Waals surface area contributed by atoms with Gasteiger partial charge in [0.25, 0.3) is 5.56 Å². The fraction of sp³-hybridized carbons (Fsp3) is 0.143. The zero-order valence-electron chi connectivity index (χ0n) is 17.5. The first kappa shape index (κ1) is 20.7. The third-order valence-corrected chi connectivity index (χ3v) is 4.57. The van der Waals surface area contributed by atoms with Crippen LogP contribution in [0.25, 0.3) is 22.3 Å². The van der Waals surface area contributed by atoms with E-state index in [2.05, 4.69) is 35.3 Å². The summed E-state index contributed by atoms with van der Waals surface area (Å²) >= 11 is 0. The molecule has 0 unspecified atom stereocenters. The van der Waals surface area contributed by atoms with Gasteiger partial charge in [0.1, 0.15) is 17.3 Å². The van der Waals surface area contributed by atoms with Crippen molar-refractivity contribution in [3.63, 3.8) is 0 Å². The molecule has 2 N–H and O–H groups in total. The number of aromatic nitrogens is 5. The zero-order valence-corrected chi connectivity index (χ0v) is 17.5. The first-order valence-corrected chi connectivity index (χ1v) is 9.48. The quantitative estimate of drug-likeness (QED) is 0.487. The molecule has 0 fully saturated rings. The molecule has 162 valence electrons. The first-order chi connectivity index (χ1) is 15.5. The predicted molar refractivity (Wildman–Crippen MR) is 118 cm³/mol. The van der Waals surface area contributed by atoms with Crippen LogP contribution in [0.5, 0.6) is 11.5 Å². The number of hydrogen-bond acceptors (Lipinski definition) is 9.